The summed E-state index contributed by atoms with van der Waals surface area (Å²) < 4.78 is 40.0. The zero-order valence-corrected chi connectivity index (χ0v) is 18.7. The van der Waals surface area contributed by atoms with E-state index >= 15 is 0 Å². The number of sulfone groups is 1. The van der Waals surface area contributed by atoms with Crippen LogP contribution in [0.2, 0.25) is 0 Å². The van der Waals surface area contributed by atoms with Crippen molar-refractivity contribution in [3.63, 3.8) is 0 Å². The fraction of sp³-hybridized carbons (Fsp3) is 0.667. The molecule has 0 aromatic heterocycles. The molecule has 0 aliphatic carbocycles. The van der Waals surface area contributed by atoms with Crippen LogP contribution in [0.25, 0.3) is 0 Å². The summed E-state index contributed by atoms with van der Waals surface area (Å²) in [6.07, 6.45) is 1.47. The molecule has 0 N–H and O–H groups in total. The second kappa shape index (κ2) is 10.6. The van der Waals surface area contributed by atoms with Gasteiger partial charge in [0.05, 0.1) is 45.5 Å². The summed E-state index contributed by atoms with van der Waals surface area (Å²) in [5, 5.41) is 0. The molecule has 0 amide bonds. The second-order valence-electron chi connectivity index (χ2n) is 7.83. The number of hydrogen-bond acceptors (Lipinski definition) is 8. The van der Waals surface area contributed by atoms with Gasteiger partial charge in [-0.05, 0) is 37.6 Å². The van der Waals surface area contributed by atoms with Gasteiger partial charge in [0, 0.05) is 31.2 Å². The molecule has 1 aromatic carbocycles. The average molecular weight is 441 g/mol. The summed E-state index contributed by atoms with van der Waals surface area (Å²) in [5.74, 6) is 1.35. The van der Waals surface area contributed by atoms with Crippen LogP contribution in [0.5, 0.6) is 11.5 Å². The highest BCUT2D eigenvalue weighted by Gasteiger charge is 2.33. The van der Waals surface area contributed by atoms with Crippen molar-refractivity contribution in [2.24, 2.45) is 0 Å². The Bertz CT molecular complexity index is 823. The molecule has 2 aliphatic rings. The topological polar surface area (TPSA) is 85.4 Å². The van der Waals surface area contributed by atoms with Crippen molar-refractivity contribution in [3.8, 4) is 11.5 Å². The predicted octanol–water partition coefficient (Wildman–Crippen LogP) is 1.10. The van der Waals surface area contributed by atoms with Crippen molar-refractivity contribution in [3.05, 3.63) is 23.8 Å². The molecule has 0 unspecified atom stereocenters. The van der Waals surface area contributed by atoms with Crippen LogP contribution >= 0.6 is 0 Å². The molecule has 0 spiro atoms. The molecule has 1 atom stereocenters. The fourth-order valence-electron chi connectivity index (χ4n) is 4.06. The number of ether oxygens (including phenoxy) is 3. The Morgan fingerprint density at radius 3 is 2.57 bits per heavy atom. The molecule has 9 heteroatoms. The number of Topliss-reactive ketones (excluding diaryl/α,β-unsaturated/α-hetero) is 1. The molecule has 8 nitrogen and oxygen atoms in total. The van der Waals surface area contributed by atoms with Crippen molar-refractivity contribution in [1.29, 1.82) is 0 Å². The van der Waals surface area contributed by atoms with E-state index in [1.54, 1.807) is 25.3 Å². The molecular weight excluding hydrogens is 408 g/mol. The highest BCUT2D eigenvalue weighted by Crippen LogP contribution is 2.28. The molecule has 168 valence electrons. The molecule has 2 heterocycles. The van der Waals surface area contributed by atoms with E-state index in [9.17, 15) is 13.2 Å². The van der Waals surface area contributed by atoms with Crippen LogP contribution in [-0.4, -0.2) is 102 Å². The van der Waals surface area contributed by atoms with E-state index in [0.29, 0.717) is 30.0 Å². The van der Waals surface area contributed by atoms with Gasteiger partial charge in [0.1, 0.15) is 0 Å². The van der Waals surface area contributed by atoms with Crippen molar-refractivity contribution in [2.45, 2.75) is 18.9 Å². The van der Waals surface area contributed by atoms with Gasteiger partial charge in [-0.2, -0.15) is 0 Å². The maximum absolute atomic E-state index is 13.0. The van der Waals surface area contributed by atoms with Gasteiger partial charge in [-0.25, -0.2) is 8.42 Å². The van der Waals surface area contributed by atoms with Crippen LogP contribution in [-0.2, 0) is 14.6 Å². The molecule has 2 fully saturated rings. The van der Waals surface area contributed by atoms with Gasteiger partial charge in [-0.1, -0.05) is 0 Å². The summed E-state index contributed by atoms with van der Waals surface area (Å²) in [4.78, 5) is 17.4. The van der Waals surface area contributed by atoms with Gasteiger partial charge in [0.15, 0.2) is 27.1 Å². The molecular formula is C21H32N2O6S. The van der Waals surface area contributed by atoms with E-state index in [4.69, 9.17) is 14.2 Å². The molecule has 30 heavy (non-hydrogen) atoms. The predicted molar refractivity (Wildman–Crippen MR) is 114 cm³/mol. The second-order valence-corrected chi connectivity index (χ2v) is 10.1. The van der Waals surface area contributed by atoms with E-state index in [1.807, 2.05) is 4.90 Å². The summed E-state index contributed by atoms with van der Waals surface area (Å²) in [5.41, 5.74) is 0.534. The van der Waals surface area contributed by atoms with Crippen LogP contribution < -0.4 is 9.47 Å². The van der Waals surface area contributed by atoms with E-state index < -0.39 is 9.84 Å². The fourth-order valence-corrected chi connectivity index (χ4v) is 5.82. The monoisotopic (exact) mass is 440 g/mol. The number of carbonyl (C=O) groups is 1. The molecule has 0 saturated carbocycles. The Kier molecular flexibility index (Phi) is 8.10. The van der Waals surface area contributed by atoms with Crippen molar-refractivity contribution < 1.29 is 27.4 Å². The van der Waals surface area contributed by atoms with Crippen molar-refractivity contribution in [2.75, 3.05) is 71.7 Å². The Labute approximate surface area is 179 Å². The lowest BCUT2D eigenvalue weighted by atomic mass is 10.1. The smallest absolute Gasteiger partial charge is 0.176 e. The highest BCUT2D eigenvalue weighted by atomic mass is 32.2. The van der Waals surface area contributed by atoms with E-state index in [1.165, 1.54) is 7.11 Å². The Hall–Kier alpha value is -1.68. The number of nitrogens with zero attached hydrogens (tertiary/aromatic N) is 2. The zero-order chi connectivity index (χ0) is 21.6. The highest BCUT2D eigenvalue weighted by molar-refractivity contribution is 7.91. The number of carbonyl (C=O) groups excluding carboxylic acids is 1. The van der Waals surface area contributed by atoms with Gasteiger partial charge in [0.2, 0.25) is 0 Å². The third kappa shape index (κ3) is 6.16. The van der Waals surface area contributed by atoms with Crippen LogP contribution in [0.15, 0.2) is 18.2 Å². The largest absolute Gasteiger partial charge is 0.493 e. The van der Waals surface area contributed by atoms with Crippen LogP contribution in [0.4, 0.5) is 0 Å². The van der Waals surface area contributed by atoms with Crippen LogP contribution in [0.3, 0.4) is 0 Å². The van der Waals surface area contributed by atoms with Crippen LogP contribution in [0, 0.1) is 0 Å². The minimum absolute atomic E-state index is 0.0494. The molecule has 3 rings (SSSR count). The maximum atomic E-state index is 13.0. The number of hydrogen-bond donors (Lipinski definition) is 0. The minimum atomic E-state index is -3.02. The molecule has 1 aromatic rings. The quantitative estimate of drug-likeness (QED) is 0.500. The summed E-state index contributed by atoms with van der Waals surface area (Å²) in [6.45, 7) is 5.15. The number of rotatable bonds is 10. The molecule has 0 radical (unpaired) electrons. The Morgan fingerprint density at radius 1 is 1.20 bits per heavy atom. The third-order valence-corrected chi connectivity index (χ3v) is 7.55. The van der Waals surface area contributed by atoms with E-state index in [-0.39, 0.29) is 29.9 Å². The summed E-state index contributed by atoms with van der Waals surface area (Å²) in [7, 11) is 0.0643. The number of benzene rings is 1. The average Bonchev–Trinajstić information content (AvgIpc) is 3.12. The van der Waals surface area contributed by atoms with Gasteiger partial charge in [0.25, 0.3) is 0 Å². The summed E-state index contributed by atoms with van der Waals surface area (Å²) >= 11 is 0. The zero-order valence-electron chi connectivity index (χ0n) is 17.8. The van der Waals surface area contributed by atoms with Crippen molar-refractivity contribution in [1.82, 2.24) is 9.80 Å². The lowest BCUT2D eigenvalue weighted by molar-refractivity contribution is 0.0355. The molecule has 2 saturated heterocycles. The third-order valence-electron chi connectivity index (χ3n) is 5.80. The lowest BCUT2D eigenvalue weighted by Gasteiger charge is -2.30. The SMILES string of the molecule is COc1ccc(C(=O)CN(CCCN2CCOCC2)[C@H]2CCS(=O)(=O)C2)cc1OC. The maximum Gasteiger partial charge on any atom is 0.176 e. The van der Waals surface area contributed by atoms with Gasteiger partial charge < -0.3 is 14.2 Å². The molecule has 0 bridgehead atoms. The first kappa shape index (κ1) is 23.0. The molecule has 2 aliphatic heterocycles. The van der Waals surface area contributed by atoms with E-state index in [0.717, 1.165) is 39.3 Å². The first-order chi connectivity index (χ1) is 14.4. The van der Waals surface area contributed by atoms with Crippen molar-refractivity contribution >= 4 is 15.6 Å². The lowest BCUT2D eigenvalue weighted by Crippen LogP contribution is -2.42. The first-order valence-corrected chi connectivity index (χ1v) is 12.2. The minimum Gasteiger partial charge on any atom is -0.493 e. The number of morpholine rings is 1. The number of methoxy groups -OCH3 is 2. The van der Waals surface area contributed by atoms with Crippen LogP contribution in [0.1, 0.15) is 23.2 Å². The van der Waals surface area contributed by atoms with Gasteiger partial charge in [-0.15, -0.1) is 0 Å². The van der Waals surface area contributed by atoms with Gasteiger partial charge >= 0.3 is 0 Å². The van der Waals surface area contributed by atoms with Gasteiger partial charge in [-0.3, -0.25) is 14.6 Å². The first-order valence-electron chi connectivity index (χ1n) is 10.4. The summed E-state index contributed by atoms with van der Waals surface area (Å²) in [6, 6.07) is 5.01. The standard InChI is InChI=1S/C21H32N2O6S/c1-27-20-5-4-17(14-21(20)28-2)19(24)15-23(18-6-13-30(25,26)16-18)8-3-7-22-9-11-29-12-10-22/h4-5,14,18H,3,6-13,15-16H2,1-2H3/t18-/m0/s1. The Morgan fingerprint density at radius 2 is 1.93 bits per heavy atom. The normalized spacial score (nSPS) is 21.6. The number of ketones is 1. The Balaban J connectivity index is 1.65. The van der Waals surface area contributed by atoms with E-state index in [2.05, 4.69) is 4.90 Å².